The van der Waals surface area contributed by atoms with Crippen LogP contribution in [0.2, 0.25) is 10.0 Å². The van der Waals surface area contributed by atoms with E-state index >= 15 is 0 Å². The molecule has 0 atom stereocenters. The molecule has 0 bridgehead atoms. The zero-order valence-electron chi connectivity index (χ0n) is 18.1. The van der Waals surface area contributed by atoms with E-state index in [1.807, 2.05) is 6.07 Å². The average Bonchev–Trinajstić information content (AvgIpc) is 2.77. The fourth-order valence-electron chi connectivity index (χ4n) is 3.10. The molecule has 0 saturated carbocycles. The minimum atomic E-state index is -4.58. The molecule has 34 heavy (non-hydrogen) atoms. The molecule has 6 nitrogen and oxygen atoms in total. The van der Waals surface area contributed by atoms with Gasteiger partial charge in [-0.05, 0) is 42.7 Å². The number of hydrogen-bond acceptors (Lipinski definition) is 4. The monoisotopic (exact) mass is 535 g/mol. The Kier molecular flexibility index (Phi) is 9.76. The molecule has 0 fully saturated rings. The Labute approximate surface area is 206 Å². The second-order valence-corrected chi connectivity index (χ2v) is 10.3. The van der Waals surface area contributed by atoms with Crippen LogP contribution in [0.15, 0.2) is 47.4 Å². The van der Waals surface area contributed by atoms with Crippen LogP contribution < -0.4 is 0 Å². The summed E-state index contributed by atoms with van der Waals surface area (Å²) in [6.07, 6.45) is -4.66. The zero-order chi connectivity index (χ0) is 25.5. The van der Waals surface area contributed by atoms with E-state index in [-0.39, 0.29) is 47.3 Å². The van der Waals surface area contributed by atoms with Crippen LogP contribution >= 0.6 is 23.2 Å². The number of carbonyl (C=O) groups is 1. The van der Waals surface area contributed by atoms with Crippen LogP contribution in [0.5, 0.6) is 0 Å². The molecule has 0 aromatic heterocycles. The fraction of sp³-hybridized carbons (Fsp3) is 0.364. The van der Waals surface area contributed by atoms with Crippen molar-refractivity contribution in [3.05, 3.63) is 63.6 Å². The van der Waals surface area contributed by atoms with Gasteiger partial charge in [-0.15, -0.1) is 0 Å². The lowest BCUT2D eigenvalue weighted by Gasteiger charge is -2.25. The average molecular weight is 536 g/mol. The highest BCUT2D eigenvalue weighted by Crippen LogP contribution is 2.30. The summed E-state index contributed by atoms with van der Waals surface area (Å²) < 4.78 is 65.5. The minimum absolute atomic E-state index is 0.0119. The summed E-state index contributed by atoms with van der Waals surface area (Å²) in [7, 11) is -2.71. The number of nitrogens with zero attached hydrogens (tertiary/aromatic N) is 3. The summed E-state index contributed by atoms with van der Waals surface area (Å²) in [6, 6.07) is 12.5. The second-order valence-electron chi connectivity index (χ2n) is 7.47. The third kappa shape index (κ3) is 7.87. The predicted molar refractivity (Wildman–Crippen MR) is 123 cm³/mol. The number of rotatable bonds is 10. The first-order chi connectivity index (χ1) is 15.8. The van der Waals surface area contributed by atoms with Crippen molar-refractivity contribution < 1.29 is 26.4 Å². The first-order valence-electron chi connectivity index (χ1n) is 10.1. The summed E-state index contributed by atoms with van der Waals surface area (Å²) in [5.41, 5.74) is 1.10. The van der Waals surface area contributed by atoms with Gasteiger partial charge in [0.1, 0.15) is 11.4 Å². The third-order valence-corrected chi connectivity index (χ3v) is 7.77. The summed E-state index contributed by atoms with van der Waals surface area (Å²) >= 11 is 11.9. The summed E-state index contributed by atoms with van der Waals surface area (Å²) in [6.45, 7) is -1.68. The first-order valence-corrected chi connectivity index (χ1v) is 12.3. The molecule has 0 unspecified atom stereocenters. The fourth-order valence-corrected chi connectivity index (χ4v) is 5.04. The Balaban J connectivity index is 1.99. The molecule has 0 saturated heterocycles. The van der Waals surface area contributed by atoms with Gasteiger partial charge in [-0.25, -0.2) is 12.7 Å². The quantitative estimate of drug-likeness (QED) is 0.433. The van der Waals surface area contributed by atoms with Gasteiger partial charge < -0.3 is 4.90 Å². The molecular formula is C22H22Cl2F3N3O3S. The van der Waals surface area contributed by atoms with Gasteiger partial charge in [0.2, 0.25) is 15.9 Å². The van der Waals surface area contributed by atoms with Gasteiger partial charge in [0.25, 0.3) is 0 Å². The van der Waals surface area contributed by atoms with Crippen molar-refractivity contribution in [1.29, 1.82) is 5.26 Å². The lowest BCUT2D eigenvalue weighted by atomic mass is 10.1. The van der Waals surface area contributed by atoms with Crippen molar-refractivity contribution in [3.63, 3.8) is 0 Å². The summed E-state index contributed by atoms with van der Waals surface area (Å²) in [5, 5.41) is 8.76. The summed E-state index contributed by atoms with van der Waals surface area (Å²) in [5.74, 6) is -0.738. The van der Waals surface area contributed by atoms with E-state index in [0.29, 0.717) is 16.0 Å². The van der Waals surface area contributed by atoms with Crippen LogP contribution in [-0.4, -0.2) is 56.4 Å². The number of alkyl halides is 3. The number of carbonyl (C=O) groups excluding carboxylic acids is 1. The Bertz CT molecular complexity index is 1150. The van der Waals surface area contributed by atoms with E-state index < -0.39 is 28.7 Å². The number of halogens is 5. The molecule has 0 N–H and O–H groups in total. The van der Waals surface area contributed by atoms with Crippen molar-refractivity contribution >= 4 is 39.1 Å². The van der Waals surface area contributed by atoms with Crippen LogP contribution in [0.1, 0.15) is 24.0 Å². The molecule has 0 spiro atoms. The van der Waals surface area contributed by atoms with Crippen LogP contribution in [0.25, 0.3) is 0 Å². The zero-order valence-corrected chi connectivity index (χ0v) is 20.5. The van der Waals surface area contributed by atoms with E-state index in [0.717, 1.165) is 4.31 Å². The van der Waals surface area contributed by atoms with Crippen LogP contribution in [-0.2, 0) is 21.2 Å². The molecule has 12 heteroatoms. The number of hydrogen-bond donors (Lipinski definition) is 0. The van der Waals surface area contributed by atoms with E-state index in [1.165, 1.54) is 25.2 Å². The number of nitriles is 1. The molecule has 0 aliphatic heterocycles. The molecule has 2 aromatic rings. The number of benzene rings is 2. The van der Waals surface area contributed by atoms with Crippen LogP contribution in [0.3, 0.4) is 0 Å². The van der Waals surface area contributed by atoms with Gasteiger partial charge in [0.05, 0.1) is 21.7 Å². The molecule has 2 rings (SSSR count). The molecule has 0 radical (unpaired) electrons. The minimum Gasteiger partial charge on any atom is -0.333 e. The maximum atomic E-state index is 13.0. The standard InChI is InChI=1S/C22H22Cl2F3N3O3S/c1-29(34(32,33)19-5-2-4-18(23)21(19)24)12-3-6-20(31)30(15-22(25,26)27)13-11-16-7-9-17(14-28)10-8-16/h2,4-5,7-10H,3,6,11-13,15H2,1H3. The van der Waals surface area contributed by atoms with E-state index in [9.17, 15) is 26.4 Å². The maximum Gasteiger partial charge on any atom is 0.406 e. The third-order valence-electron chi connectivity index (χ3n) is 4.94. The van der Waals surface area contributed by atoms with Gasteiger partial charge in [-0.2, -0.15) is 18.4 Å². The Morgan fingerprint density at radius 1 is 1.09 bits per heavy atom. The van der Waals surface area contributed by atoms with E-state index in [1.54, 1.807) is 24.3 Å². The predicted octanol–water partition coefficient (Wildman–Crippen LogP) is 4.90. The van der Waals surface area contributed by atoms with E-state index in [4.69, 9.17) is 28.5 Å². The van der Waals surface area contributed by atoms with Gasteiger partial charge in [-0.3, -0.25) is 4.79 Å². The smallest absolute Gasteiger partial charge is 0.333 e. The molecule has 0 heterocycles. The molecule has 0 aliphatic carbocycles. The van der Waals surface area contributed by atoms with Gasteiger partial charge >= 0.3 is 6.18 Å². The van der Waals surface area contributed by atoms with Crippen molar-refractivity contribution in [2.45, 2.75) is 30.3 Å². The highest BCUT2D eigenvalue weighted by molar-refractivity contribution is 7.89. The molecular weight excluding hydrogens is 514 g/mol. The normalized spacial score (nSPS) is 11.9. The lowest BCUT2D eigenvalue weighted by molar-refractivity contribution is -0.161. The SMILES string of the molecule is CN(CCCC(=O)N(CCc1ccc(C#N)cc1)CC(F)(F)F)S(=O)(=O)c1cccc(Cl)c1Cl. The van der Waals surface area contributed by atoms with Gasteiger partial charge in [-0.1, -0.05) is 41.4 Å². The highest BCUT2D eigenvalue weighted by atomic mass is 35.5. The maximum absolute atomic E-state index is 13.0. The molecule has 184 valence electrons. The highest BCUT2D eigenvalue weighted by Gasteiger charge is 2.33. The first kappa shape index (κ1) is 27.9. The largest absolute Gasteiger partial charge is 0.406 e. The number of sulfonamides is 1. The second kappa shape index (κ2) is 11.9. The summed E-state index contributed by atoms with van der Waals surface area (Å²) in [4.78, 5) is 13.0. The topological polar surface area (TPSA) is 81.5 Å². The van der Waals surface area contributed by atoms with Crippen molar-refractivity contribution in [2.75, 3.05) is 26.7 Å². The lowest BCUT2D eigenvalue weighted by Crippen LogP contribution is -2.40. The van der Waals surface area contributed by atoms with Crippen molar-refractivity contribution in [1.82, 2.24) is 9.21 Å². The van der Waals surface area contributed by atoms with Gasteiger partial charge in [0, 0.05) is 26.6 Å². The molecule has 2 aromatic carbocycles. The molecule has 0 aliphatic rings. The van der Waals surface area contributed by atoms with E-state index in [2.05, 4.69) is 0 Å². The van der Waals surface area contributed by atoms with Gasteiger partial charge in [0.15, 0.2) is 0 Å². The number of amides is 1. The van der Waals surface area contributed by atoms with Crippen molar-refractivity contribution in [2.24, 2.45) is 0 Å². The van der Waals surface area contributed by atoms with Crippen LogP contribution in [0, 0.1) is 11.3 Å². The molecule has 1 amide bonds. The Hall–Kier alpha value is -2.32. The Morgan fingerprint density at radius 3 is 2.32 bits per heavy atom. The Morgan fingerprint density at radius 2 is 1.74 bits per heavy atom. The van der Waals surface area contributed by atoms with Crippen molar-refractivity contribution in [3.8, 4) is 6.07 Å². The van der Waals surface area contributed by atoms with Crippen LogP contribution in [0.4, 0.5) is 13.2 Å².